The predicted octanol–water partition coefficient (Wildman–Crippen LogP) is 3.25. The van der Waals surface area contributed by atoms with Gasteiger partial charge in [0.1, 0.15) is 17.3 Å². The Morgan fingerprint density at radius 1 is 1.47 bits per heavy atom. The van der Waals surface area contributed by atoms with Crippen molar-refractivity contribution in [3.8, 4) is 11.8 Å². The molecule has 0 amide bonds. The predicted molar refractivity (Wildman–Crippen MR) is 68.0 cm³/mol. The molecule has 0 saturated heterocycles. The van der Waals surface area contributed by atoms with E-state index in [1.54, 1.807) is 13.8 Å². The highest BCUT2D eigenvalue weighted by molar-refractivity contribution is 5.94. The average molecular weight is 265 g/mol. The Balaban J connectivity index is 3.68. The second-order valence-corrected chi connectivity index (χ2v) is 4.16. The van der Waals surface area contributed by atoms with Crippen molar-refractivity contribution >= 4 is 5.97 Å². The SMILES string of the molecule is CCC(F)(CC)c1ccc(C#N)c(OC)c1C(=O)O. The van der Waals surface area contributed by atoms with Gasteiger partial charge in [0, 0.05) is 5.56 Å². The molecule has 0 saturated carbocycles. The summed E-state index contributed by atoms with van der Waals surface area (Å²) in [5, 5.41) is 18.2. The summed E-state index contributed by atoms with van der Waals surface area (Å²) in [6.07, 6.45) is 0.303. The summed E-state index contributed by atoms with van der Waals surface area (Å²) in [6.45, 7) is 3.31. The first kappa shape index (κ1) is 15.0. The molecule has 5 heteroatoms. The van der Waals surface area contributed by atoms with Crippen LogP contribution in [0.5, 0.6) is 5.75 Å². The van der Waals surface area contributed by atoms with Gasteiger partial charge >= 0.3 is 5.97 Å². The standard InChI is InChI=1S/C14H16FNO3/c1-4-14(15,5-2)10-7-6-9(8-16)12(19-3)11(10)13(17)18/h6-7H,4-5H2,1-3H3,(H,17,18). The molecule has 0 aromatic heterocycles. The van der Waals surface area contributed by atoms with Crippen LogP contribution in [0.1, 0.15) is 48.2 Å². The number of carboxylic acids is 1. The van der Waals surface area contributed by atoms with E-state index in [0.717, 1.165) is 0 Å². The van der Waals surface area contributed by atoms with Crippen molar-refractivity contribution in [2.24, 2.45) is 0 Å². The minimum Gasteiger partial charge on any atom is -0.494 e. The number of aromatic carboxylic acids is 1. The minimum absolute atomic E-state index is 0.0563. The van der Waals surface area contributed by atoms with E-state index < -0.39 is 11.6 Å². The van der Waals surface area contributed by atoms with Crippen molar-refractivity contribution in [3.63, 3.8) is 0 Å². The largest absolute Gasteiger partial charge is 0.494 e. The number of carboxylic acid groups (broad SMARTS) is 1. The first-order valence-corrected chi connectivity index (χ1v) is 5.98. The Morgan fingerprint density at radius 2 is 2.05 bits per heavy atom. The van der Waals surface area contributed by atoms with Crippen LogP contribution in [0.4, 0.5) is 4.39 Å². The highest BCUT2D eigenvalue weighted by atomic mass is 19.1. The molecular formula is C14H16FNO3. The fourth-order valence-corrected chi connectivity index (χ4v) is 2.10. The van der Waals surface area contributed by atoms with Crippen LogP contribution < -0.4 is 4.74 Å². The molecule has 0 atom stereocenters. The molecule has 1 N–H and O–H groups in total. The molecule has 19 heavy (non-hydrogen) atoms. The van der Waals surface area contributed by atoms with Crippen molar-refractivity contribution in [1.82, 2.24) is 0 Å². The summed E-state index contributed by atoms with van der Waals surface area (Å²) < 4.78 is 19.7. The van der Waals surface area contributed by atoms with E-state index in [0.29, 0.717) is 0 Å². The molecule has 1 rings (SSSR count). The van der Waals surface area contributed by atoms with Crippen molar-refractivity contribution in [1.29, 1.82) is 5.26 Å². The summed E-state index contributed by atoms with van der Waals surface area (Å²) >= 11 is 0. The molecule has 0 aliphatic carbocycles. The van der Waals surface area contributed by atoms with Crippen molar-refractivity contribution in [3.05, 3.63) is 28.8 Å². The van der Waals surface area contributed by atoms with E-state index in [4.69, 9.17) is 10.00 Å². The molecule has 0 aliphatic heterocycles. The first-order valence-electron chi connectivity index (χ1n) is 5.98. The Kier molecular flexibility index (Phi) is 4.49. The number of rotatable bonds is 5. The number of nitrogens with zero attached hydrogens (tertiary/aromatic N) is 1. The van der Waals surface area contributed by atoms with Gasteiger partial charge in [-0.2, -0.15) is 5.26 Å². The molecule has 102 valence electrons. The van der Waals surface area contributed by atoms with E-state index in [1.165, 1.54) is 19.2 Å². The Bertz CT molecular complexity index is 530. The van der Waals surface area contributed by atoms with E-state index in [1.807, 2.05) is 6.07 Å². The average Bonchev–Trinajstić information content (AvgIpc) is 2.44. The number of hydrogen-bond donors (Lipinski definition) is 1. The molecule has 1 aromatic carbocycles. The lowest BCUT2D eigenvalue weighted by molar-refractivity contribution is 0.0679. The summed E-state index contributed by atoms with van der Waals surface area (Å²) in [7, 11) is 1.27. The van der Waals surface area contributed by atoms with Gasteiger partial charge in [-0.1, -0.05) is 19.9 Å². The van der Waals surface area contributed by atoms with Gasteiger partial charge in [-0.3, -0.25) is 0 Å². The number of hydrogen-bond acceptors (Lipinski definition) is 3. The fourth-order valence-electron chi connectivity index (χ4n) is 2.10. The van der Waals surface area contributed by atoms with Crippen molar-refractivity contribution < 1.29 is 19.0 Å². The van der Waals surface area contributed by atoms with Gasteiger partial charge in [-0.15, -0.1) is 0 Å². The maximum Gasteiger partial charge on any atom is 0.339 e. The smallest absolute Gasteiger partial charge is 0.339 e. The number of nitriles is 1. The lowest BCUT2D eigenvalue weighted by Gasteiger charge is -2.25. The zero-order chi connectivity index (χ0) is 14.6. The summed E-state index contributed by atoms with van der Waals surface area (Å²) in [5.41, 5.74) is -1.87. The number of carbonyl (C=O) groups is 1. The molecule has 0 unspecified atom stereocenters. The lowest BCUT2D eigenvalue weighted by Crippen LogP contribution is -2.22. The Labute approximate surface area is 111 Å². The Hall–Kier alpha value is -2.09. The third-order valence-corrected chi connectivity index (χ3v) is 3.30. The molecule has 0 heterocycles. The van der Waals surface area contributed by atoms with E-state index >= 15 is 0 Å². The second kappa shape index (κ2) is 5.70. The van der Waals surface area contributed by atoms with Crippen molar-refractivity contribution in [2.75, 3.05) is 7.11 Å². The number of halogens is 1. The molecule has 0 aliphatic rings. The van der Waals surface area contributed by atoms with E-state index in [-0.39, 0.29) is 35.3 Å². The number of alkyl halides is 1. The van der Waals surface area contributed by atoms with Gasteiger partial charge < -0.3 is 9.84 Å². The number of ether oxygens (including phenoxy) is 1. The molecule has 0 bridgehead atoms. The summed E-state index contributed by atoms with van der Waals surface area (Å²) in [4.78, 5) is 11.4. The van der Waals surface area contributed by atoms with Crippen LogP contribution in [0.15, 0.2) is 12.1 Å². The second-order valence-electron chi connectivity index (χ2n) is 4.16. The molecule has 0 radical (unpaired) electrons. The summed E-state index contributed by atoms with van der Waals surface area (Å²) in [6, 6.07) is 4.59. The number of methoxy groups -OCH3 is 1. The normalized spacial score (nSPS) is 10.9. The molecule has 1 aromatic rings. The summed E-state index contributed by atoms with van der Waals surface area (Å²) in [5.74, 6) is -1.38. The molecule has 4 nitrogen and oxygen atoms in total. The number of benzene rings is 1. The highest BCUT2D eigenvalue weighted by Gasteiger charge is 2.34. The van der Waals surface area contributed by atoms with Gasteiger partial charge in [-0.25, -0.2) is 9.18 Å². The van der Waals surface area contributed by atoms with E-state index in [9.17, 15) is 14.3 Å². The fraction of sp³-hybridized carbons (Fsp3) is 0.429. The Morgan fingerprint density at radius 3 is 2.42 bits per heavy atom. The zero-order valence-corrected chi connectivity index (χ0v) is 11.2. The van der Waals surface area contributed by atoms with Gasteiger partial charge in [0.15, 0.2) is 5.75 Å². The first-order chi connectivity index (χ1) is 8.95. The molecule has 0 fully saturated rings. The van der Waals surface area contributed by atoms with Crippen molar-refractivity contribution in [2.45, 2.75) is 32.4 Å². The van der Waals surface area contributed by atoms with Crippen LogP contribution in [0.25, 0.3) is 0 Å². The van der Waals surface area contributed by atoms with Gasteiger partial charge in [0.2, 0.25) is 0 Å². The molecular weight excluding hydrogens is 249 g/mol. The van der Waals surface area contributed by atoms with E-state index in [2.05, 4.69) is 0 Å². The highest BCUT2D eigenvalue weighted by Crippen LogP contribution is 2.39. The third kappa shape index (κ3) is 2.53. The van der Waals surface area contributed by atoms with Crippen LogP contribution >= 0.6 is 0 Å². The third-order valence-electron chi connectivity index (χ3n) is 3.30. The van der Waals surface area contributed by atoms with Crippen LogP contribution in [-0.4, -0.2) is 18.2 Å². The lowest BCUT2D eigenvalue weighted by atomic mass is 9.85. The van der Waals surface area contributed by atoms with Gasteiger partial charge in [-0.05, 0) is 18.9 Å². The van der Waals surface area contributed by atoms with Crippen LogP contribution in [-0.2, 0) is 5.67 Å². The topological polar surface area (TPSA) is 70.3 Å². The maximum atomic E-state index is 14.8. The van der Waals surface area contributed by atoms with Gasteiger partial charge in [0.25, 0.3) is 0 Å². The van der Waals surface area contributed by atoms with Crippen LogP contribution in [0, 0.1) is 11.3 Å². The quantitative estimate of drug-likeness (QED) is 0.887. The molecule has 0 spiro atoms. The van der Waals surface area contributed by atoms with Crippen LogP contribution in [0.2, 0.25) is 0 Å². The maximum absolute atomic E-state index is 14.8. The monoisotopic (exact) mass is 265 g/mol. The van der Waals surface area contributed by atoms with Crippen LogP contribution in [0.3, 0.4) is 0 Å². The minimum atomic E-state index is -1.74. The zero-order valence-electron chi connectivity index (χ0n) is 11.2. The van der Waals surface area contributed by atoms with Gasteiger partial charge in [0.05, 0.1) is 12.7 Å².